The fourth-order valence-corrected chi connectivity index (χ4v) is 5.27. The number of nitrogens with zero attached hydrogens (tertiary/aromatic N) is 2. The lowest BCUT2D eigenvalue weighted by atomic mass is 9.99. The van der Waals surface area contributed by atoms with Gasteiger partial charge in [-0.3, -0.25) is 4.79 Å². The Morgan fingerprint density at radius 3 is 2.89 bits per heavy atom. The van der Waals surface area contributed by atoms with Crippen LogP contribution >= 0.6 is 0 Å². The number of piperidine rings is 1. The normalized spacial score (nSPS) is 18.4. The van der Waals surface area contributed by atoms with Crippen LogP contribution in [0, 0.1) is 5.92 Å². The molecule has 0 saturated carbocycles. The third-order valence-electron chi connectivity index (χ3n) is 5.30. The molecular formula is C20H29N3O4S. The largest absolute Gasteiger partial charge is 0.385 e. The standard InChI is InChI=1S/C20H29N3O4S/c1-3-22-12-9-16-14-18(7-8-19(16)22)28(25,26)23-11-4-6-17(15-23)20(24)21-10-5-13-27-2/h7-9,12,14,17H,3-6,10-11,13,15H2,1-2H3,(H,21,24). The first kappa shape index (κ1) is 20.8. The van der Waals surface area contributed by atoms with Crippen LogP contribution in [0.2, 0.25) is 0 Å². The second-order valence-corrected chi connectivity index (χ2v) is 9.10. The Morgan fingerprint density at radius 1 is 1.32 bits per heavy atom. The van der Waals surface area contributed by atoms with Crippen molar-refractivity contribution in [3.8, 4) is 0 Å². The van der Waals surface area contributed by atoms with Gasteiger partial charge in [-0.15, -0.1) is 0 Å². The molecular weight excluding hydrogens is 378 g/mol. The minimum absolute atomic E-state index is 0.0773. The number of aryl methyl sites for hydroxylation is 1. The molecule has 0 spiro atoms. The van der Waals surface area contributed by atoms with E-state index in [0.29, 0.717) is 32.5 Å². The van der Waals surface area contributed by atoms with Gasteiger partial charge in [0, 0.05) is 57.0 Å². The van der Waals surface area contributed by atoms with E-state index in [2.05, 4.69) is 16.8 Å². The highest BCUT2D eigenvalue weighted by molar-refractivity contribution is 7.89. The molecule has 3 rings (SSSR count). The van der Waals surface area contributed by atoms with Gasteiger partial charge in [0.25, 0.3) is 0 Å². The second-order valence-electron chi connectivity index (χ2n) is 7.16. The third kappa shape index (κ3) is 4.39. The number of sulfonamides is 1. The number of hydrogen-bond donors (Lipinski definition) is 1. The highest BCUT2D eigenvalue weighted by Crippen LogP contribution is 2.26. The van der Waals surface area contributed by atoms with E-state index in [-0.39, 0.29) is 23.3 Å². The van der Waals surface area contributed by atoms with Gasteiger partial charge < -0.3 is 14.6 Å². The lowest BCUT2D eigenvalue weighted by molar-refractivity contribution is -0.126. The van der Waals surface area contributed by atoms with Crippen LogP contribution < -0.4 is 5.32 Å². The molecule has 1 N–H and O–H groups in total. The van der Waals surface area contributed by atoms with Crippen LogP contribution in [0.4, 0.5) is 0 Å². The van der Waals surface area contributed by atoms with Gasteiger partial charge in [0.15, 0.2) is 0 Å². The lowest BCUT2D eigenvalue weighted by Gasteiger charge is -2.31. The van der Waals surface area contributed by atoms with Gasteiger partial charge in [-0.1, -0.05) is 0 Å². The van der Waals surface area contributed by atoms with E-state index in [0.717, 1.165) is 23.9 Å². The maximum absolute atomic E-state index is 13.1. The summed E-state index contributed by atoms with van der Waals surface area (Å²) in [5.41, 5.74) is 1.02. The van der Waals surface area contributed by atoms with Gasteiger partial charge in [-0.2, -0.15) is 4.31 Å². The summed E-state index contributed by atoms with van der Waals surface area (Å²) < 4.78 is 34.8. The summed E-state index contributed by atoms with van der Waals surface area (Å²) in [7, 11) is -2.00. The zero-order chi connectivity index (χ0) is 20.1. The van der Waals surface area contributed by atoms with Crippen LogP contribution in [0.15, 0.2) is 35.4 Å². The number of aromatic nitrogens is 1. The van der Waals surface area contributed by atoms with E-state index in [9.17, 15) is 13.2 Å². The molecule has 0 radical (unpaired) electrons. The molecule has 2 aromatic rings. The smallest absolute Gasteiger partial charge is 0.243 e. The van der Waals surface area contributed by atoms with E-state index in [4.69, 9.17) is 4.74 Å². The van der Waals surface area contributed by atoms with E-state index in [1.165, 1.54) is 4.31 Å². The predicted molar refractivity (Wildman–Crippen MR) is 109 cm³/mol. The zero-order valence-corrected chi connectivity index (χ0v) is 17.4. The first-order valence-corrected chi connectivity index (χ1v) is 11.3. The second kappa shape index (κ2) is 9.07. The molecule has 2 heterocycles. The Bertz CT molecular complexity index is 923. The summed E-state index contributed by atoms with van der Waals surface area (Å²) in [5, 5.41) is 3.80. The monoisotopic (exact) mass is 407 g/mol. The number of rotatable bonds is 8. The van der Waals surface area contributed by atoms with Gasteiger partial charge >= 0.3 is 0 Å². The average molecular weight is 408 g/mol. The van der Waals surface area contributed by atoms with Crippen LogP contribution in [-0.4, -0.2) is 56.5 Å². The molecule has 1 saturated heterocycles. The Morgan fingerprint density at radius 2 is 2.14 bits per heavy atom. The Hall–Kier alpha value is -1.90. The van der Waals surface area contributed by atoms with Crippen LogP contribution in [0.3, 0.4) is 0 Å². The van der Waals surface area contributed by atoms with Crippen molar-refractivity contribution < 1.29 is 17.9 Å². The van der Waals surface area contributed by atoms with E-state index in [1.807, 2.05) is 18.3 Å². The molecule has 0 bridgehead atoms. The van der Waals surface area contributed by atoms with E-state index in [1.54, 1.807) is 19.2 Å². The fraction of sp³-hybridized carbons (Fsp3) is 0.550. The molecule has 154 valence electrons. The summed E-state index contributed by atoms with van der Waals surface area (Å²) in [6.45, 7) is 4.70. The van der Waals surface area contributed by atoms with Gasteiger partial charge in [-0.05, 0) is 50.5 Å². The van der Waals surface area contributed by atoms with Crippen molar-refractivity contribution in [1.29, 1.82) is 0 Å². The molecule has 8 heteroatoms. The zero-order valence-electron chi connectivity index (χ0n) is 16.6. The Balaban J connectivity index is 1.71. The topological polar surface area (TPSA) is 80.6 Å². The maximum Gasteiger partial charge on any atom is 0.243 e. The summed E-state index contributed by atoms with van der Waals surface area (Å²) in [4.78, 5) is 12.7. The lowest BCUT2D eigenvalue weighted by Crippen LogP contribution is -2.45. The predicted octanol–water partition coefficient (Wildman–Crippen LogP) is 2.21. The number of methoxy groups -OCH3 is 1. The first-order chi connectivity index (χ1) is 13.5. The van der Waals surface area contributed by atoms with Crippen molar-refractivity contribution in [2.75, 3.05) is 33.4 Å². The summed E-state index contributed by atoms with van der Waals surface area (Å²) in [6.07, 6.45) is 4.10. The molecule has 0 aliphatic carbocycles. The fourth-order valence-electron chi connectivity index (χ4n) is 3.71. The van der Waals surface area contributed by atoms with Crippen LogP contribution in [0.25, 0.3) is 10.9 Å². The highest BCUT2D eigenvalue weighted by atomic mass is 32.2. The number of hydrogen-bond acceptors (Lipinski definition) is 4. The van der Waals surface area contributed by atoms with Crippen molar-refractivity contribution in [3.05, 3.63) is 30.5 Å². The van der Waals surface area contributed by atoms with Crippen molar-refractivity contribution >= 4 is 26.8 Å². The molecule has 1 fully saturated rings. The molecule has 28 heavy (non-hydrogen) atoms. The van der Waals surface area contributed by atoms with Crippen molar-refractivity contribution in [2.24, 2.45) is 5.92 Å². The highest BCUT2D eigenvalue weighted by Gasteiger charge is 2.33. The minimum Gasteiger partial charge on any atom is -0.385 e. The molecule has 1 amide bonds. The van der Waals surface area contributed by atoms with Crippen molar-refractivity contribution in [2.45, 2.75) is 37.6 Å². The number of fused-ring (bicyclic) bond motifs is 1. The molecule has 1 aromatic heterocycles. The SMILES string of the molecule is CCn1ccc2cc(S(=O)(=O)N3CCCC(C(=O)NCCCOC)C3)ccc21. The molecule has 7 nitrogen and oxygen atoms in total. The molecule has 1 aliphatic rings. The van der Waals surface area contributed by atoms with Gasteiger partial charge in [0.1, 0.15) is 0 Å². The molecule has 1 aliphatic heterocycles. The first-order valence-electron chi connectivity index (χ1n) is 9.83. The van der Waals surface area contributed by atoms with Gasteiger partial charge in [0.2, 0.25) is 15.9 Å². The van der Waals surface area contributed by atoms with Crippen LogP contribution in [-0.2, 0) is 26.1 Å². The van der Waals surface area contributed by atoms with Crippen molar-refractivity contribution in [1.82, 2.24) is 14.2 Å². The van der Waals surface area contributed by atoms with Gasteiger partial charge in [-0.25, -0.2) is 8.42 Å². The number of ether oxygens (including phenoxy) is 1. The molecule has 1 atom stereocenters. The summed E-state index contributed by atoms with van der Waals surface area (Å²) in [5.74, 6) is -0.387. The third-order valence-corrected chi connectivity index (χ3v) is 7.16. The number of carbonyl (C=O) groups is 1. The quantitative estimate of drug-likeness (QED) is 0.681. The van der Waals surface area contributed by atoms with Crippen LogP contribution in [0.5, 0.6) is 0 Å². The Labute approximate surface area is 166 Å². The summed E-state index contributed by atoms with van der Waals surface area (Å²) in [6, 6.07) is 7.18. The van der Waals surface area contributed by atoms with Crippen molar-refractivity contribution in [3.63, 3.8) is 0 Å². The summed E-state index contributed by atoms with van der Waals surface area (Å²) >= 11 is 0. The average Bonchev–Trinajstić information content (AvgIpc) is 3.13. The van der Waals surface area contributed by atoms with E-state index < -0.39 is 10.0 Å². The molecule has 1 unspecified atom stereocenters. The van der Waals surface area contributed by atoms with Crippen LogP contribution in [0.1, 0.15) is 26.2 Å². The molecule has 1 aromatic carbocycles. The number of nitrogens with one attached hydrogen (secondary N) is 1. The number of benzene rings is 1. The Kier molecular flexibility index (Phi) is 6.74. The van der Waals surface area contributed by atoms with Gasteiger partial charge in [0.05, 0.1) is 10.8 Å². The number of carbonyl (C=O) groups excluding carboxylic acids is 1. The number of amides is 1. The van der Waals surface area contributed by atoms with E-state index >= 15 is 0 Å². The minimum atomic E-state index is -3.62. The maximum atomic E-state index is 13.1.